The van der Waals surface area contributed by atoms with Crippen molar-refractivity contribution in [2.45, 2.75) is 12.5 Å². The Kier molecular flexibility index (Phi) is 4.68. The van der Waals surface area contributed by atoms with Gasteiger partial charge in [0.2, 0.25) is 0 Å². The first-order valence-electron chi connectivity index (χ1n) is 6.07. The number of likely N-dealkylation sites (N-methyl/N-ethyl adjacent to an activating group) is 1. The summed E-state index contributed by atoms with van der Waals surface area (Å²) in [6, 6.07) is 7.06. The predicted molar refractivity (Wildman–Crippen MR) is 73.3 cm³/mol. The summed E-state index contributed by atoms with van der Waals surface area (Å²) in [6.45, 7) is 0. The SMILES string of the molecule is CNC(Cc1cc(F)ccc1F)c1ccc(Cl)cc1F. The second-order valence-electron chi connectivity index (χ2n) is 4.45. The van der Waals surface area contributed by atoms with Crippen LogP contribution in [0.4, 0.5) is 13.2 Å². The molecule has 0 amide bonds. The molecule has 0 spiro atoms. The first-order valence-corrected chi connectivity index (χ1v) is 6.45. The first kappa shape index (κ1) is 14.9. The van der Waals surface area contributed by atoms with Crippen molar-refractivity contribution in [1.29, 1.82) is 0 Å². The highest BCUT2D eigenvalue weighted by molar-refractivity contribution is 6.30. The van der Waals surface area contributed by atoms with Crippen molar-refractivity contribution in [2.75, 3.05) is 7.05 Å². The molecule has 0 aliphatic heterocycles. The Morgan fingerprint density at radius 3 is 2.45 bits per heavy atom. The average molecular weight is 300 g/mol. The fourth-order valence-electron chi connectivity index (χ4n) is 2.07. The van der Waals surface area contributed by atoms with Gasteiger partial charge >= 0.3 is 0 Å². The molecule has 2 rings (SSSR count). The van der Waals surface area contributed by atoms with Crippen LogP contribution in [0.25, 0.3) is 0 Å². The standard InChI is InChI=1S/C15H13ClF3N/c1-20-15(12-4-2-10(16)8-14(12)19)7-9-6-11(17)3-5-13(9)18/h2-6,8,15,20H,7H2,1H3. The molecule has 1 atom stereocenters. The zero-order chi connectivity index (χ0) is 14.7. The molecule has 106 valence electrons. The number of benzene rings is 2. The number of hydrogen-bond acceptors (Lipinski definition) is 1. The van der Waals surface area contributed by atoms with E-state index in [-0.39, 0.29) is 17.0 Å². The summed E-state index contributed by atoms with van der Waals surface area (Å²) < 4.78 is 40.7. The van der Waals surface area contributed by atoms with Crippen molar-refractivity contribution in [3.05, 3.63) is 70.0 Å². The van der Waals surface area contributed by atoms with Gasteiger partial charge < -0.3 is 5.32 Å². The van der Waals surface area contributed by atoms with Gasteiger partial charge in [0, 0.05) is 16.6 Å². The van der Waals surface area contributed by atoms with Gasteiger partial charge in [0.15, 0.2) is 0 Å². The van der Waals surface area contributed by atoms with Crippen molar-refractivity contribution < 1.29 is 13.2 Å². The predicted octanol–water partition coefficient (Wildman–Crippen LogP) is 4.26. The minimum atomic E-state index is -0.521. The highest BCUT2D eigenvalue weighted by Crippen LogP contribution is 2.25. The maximum absolute atomic E-state index is 13.9. The molecule has 1 nitrogen and oxygen atoms in total. The van der Waals surface area contributed by atoms with E-state index in [2.05, 4.69) is 5.32 Å². The smallest absolute Gasteiger partial charge is 0.129 e. The van der Waals surface area contributed by atoms with E-state index in [1.165, 1.54) is 12.1 Å². The Balaban J connectivity index is 2.31. The highest BCUT2D eigenvalue weighted by Gasteiger charge is 2.17. The molecule has 0 saturated heterocycles. The van der Waals surface area contributed by atoms with Gasteiger partial charge in [0.25, 0.3) is 0 Å². The molecule has 0 aliphatic rings. The fourth-order valence-corrected chi connectivity index (χ4v) is 2.23. The minimum Gasteiger partial charge on any atom is -0.313 e. The Labute approximate surface area is 120 Å². The van der Waals surface area contributed by atoms with Crippen molar-refractivity contribution in [2.24, 2.45) is 0 Å². The lowest BCUT2D eigenvalue weighted by Crippen LogP contribution is -2.20. The summed E-state index contributed by atoms with van der Waals surface area (Å²) in [5.74, 6) is -1.51. The van der Waals surface area contributed by atoms with Crippen molar-refractivity contribution in [3.8, 4) is 0 Å². The van der Waals surface area contributed by atoms with E-state index in [0.29, 0.717) is 5.56 Å². The van der Waals surface area contributed by atoms with E-state index in [4.69, 9.17) is 11.6 Å². The van der Waals surface area contributed by atoms with Gasteiger partial charge in [-0.3, -0.25) is 0 Å². The molecule has 0 aliphatic carbocycles. The second-order valence-corrected chi connectivity index (χ2v) is 4.88. The molecule has 2 aromatic rings. The van der Waals surface area contributed by atoms with Crippen LogP contribution in [0.3, 0.4) is 0 Å². The van der Waals surface area contributed by atoms with Gasteiger partial charge in [-0.1, -0.05) is 17.7 Å². The second kappa shape index (κ2) is 6.29. The molecule has 2 aromatic carbocycles. The van der Waals surface area contributed by atoms with E-state index < -0.39 is 23.5 Å². The Hall–Kier alpha value is -1.52. The number of rotatable bonds is 4. The van der Waals surface area contributed by atoms with E-state index in [1.54, 1.807) is 13.1 Å². The maximum Gasteiger partial charge on any atom is 0.129 e. The van der Waals surface area contributed by atoms with Gasteiger partial charge in [0.05, 0.1) is 0 Å². The number of nitrogens with one attached hydrogen (secondary N) is 1. The quantitative estimate of drug-likeness (QED) is 0.889. The summed E-state index contributed by atoms with van der Waals surface area (Å²) in [5.41, 5.74) is 0.555. The van der Waals surface area contributed by atoms with Gasteiger partial charge in [0.1, 0.15) is 17.5 Å². The topological polar surface area (TPSA) is 12.0 Å². The van der Waals surface area contributed by atoms with Crippen LogP contribution in [0, 0.1) is 17.5 Å². The van der Waals surface area contributed by atoms with Crippen LogP contribution in [0.5, 0.6) is 0 Å². The lowest BCUT2D eigenvalue weighted by atomic mass is 9.98. The third-order valence-corrected chi connectivity index (χ3v) is 3.35. The van der Waals surface area contributed by atoms with E-state index in [1.807, 2.05) is 0 Å². The van der Waals surface area contributed by atoms with E-state index in [0.717, 1.165) is 18.2 Å². The molecular formula is C15H13ClF3N. The molecule has 0 radical (unpaired) electrons. The third-order valence-electron chi connectivity index (χ3n) is 3.12. The maximum atomic E-state index is 13.9. The fraction of sp³-hybridized carbons (Fsp3) is 0.200. The zero-order valence-electron chi connectivity index (χ0n) is 10.8. The number of hydrogen-bond donors (Lipinski definition) is 1. The van der Waals surface area contributed by atoms with E-state index in [9.17, 15) is 13.2 Å². The Morgan fingerprint density at radius 2 is 1.80 bits per heavy atom. The zero-order valence-corrected chi connectivity index (χ0v) is 11.5. The summed E-state index contributed by atoms with van der Waals surface area (Å²) in [6.07, 6.45) is 0.138. The van der Waals surface area contributed by atoms with Crippen LogP contribution in [0.15, 0.2) is 36.4 Å². The lowest BCUT2D eigenvalue weighted by Gasteiger charge is -2.18. The normalized spacial score (nSPS) is 12.4. The molecule has 20 heavy (non-hydrogen) atoms. The minimum absolute atomic E-state index is 0.138. The van der Waals surface area contributed by atoms with Crippen molar-refractivity contribution in [1.82, 2.24) is 5.32 Å². The van der Waals surface area contributed by atoms with Crippen LogP contribution < -0.4 is 5.32 Å². The summed E-state index contributed by atoms with van der Waals surface area (Å²) in [7, 11) is 1.63. The van der Waals surface area contributed by atoms with Crippen molar-refractivity contribution >= 4 is 11.6 Å². The average Bonchev–Trinajstić information content (AvgIpc) is 2.40. The molecule has 0 fully saturated rings. The van der Waals surface area contributed by atoms with Crippen LogP contribution in [0.2, 0.25) is 5.02 Å². The van der Waals surface area contributed by atoms with Gasteiger partial charge in [-0.25, -0.2) is 13.2 Å². The van der Waals surface area contributed by atoms with Crippen LogP contribution in [-0.4, -0.2) is 7.05 Å². The summed E-state index contributed by atoms with van der Waals surface area (Å²) in [4.78, 5) is 0. The molecule has 0 saturated carbocycles. The molecule has 1 N–H and O–H groups in total. The Morgan fingerprint density at radius 1 is 1.05 bits per heavy atom. The van der Waals surface area contributed by atoms with Gasteiger partial charge in [-0.2, -0.15) is 0 Å². The number of halogens is 4. The molecule has 5 heteroatoms. The van der Waals surface area contributed by atoms with E-state index >= 15 is 0 Å². The molecule has 0 aromatic heterocycles. The van der Waals surface area contributed by atoms with Crippen LogP contribution in [0.1, 0.15) is 17.2 Å². The molecule has 0 heterocycles. The van der Waals surface area contributed by atoms with Crippen LogP contribution in [-0.2, 0) is 6.42 Å². The third kappa shape index (κ3) is 3.32. The molecular weight excluding hydrogens is 287 g/mol. The van der Waals surface area contributed by atoms with Gasteiger partial charge in [-0.05, 0) is 49.4 Å². The van der Waals surface area contributed by atoms with Crippen molar-refractivity contribution in [3.63, 3.8) is 0 Å². The highest BCUT2D eigenvalue weighted by atomic mass is 35.5. The lowest BCUT2D eigenvalue weighted by molar-refractivity contribution is 0.515. The largest absolute Gasteiger partial charge is 0.313 e. The van der Waals surface area contributed by atoms with Crippen LogP contribution >= 0.6 is 11.6 Å². The first-order chi connectivity index (χ1) is 9.51. The molecule has 1 unspecified atom stereocenters. The molecule has 0 bridgehead atoms. The Bertz CT molecular complexity index is 616. The summed E-state index contributed by atoms with van der Waals surface area (Å²) >= 11 is 5.70. The van der Waals surface area contributed by atoms with Gasteiger partial charge in [-0.15, -0.1) is 0 Å². The monoisotopic (exact) mass is 299 g/mol. The summed E-state index contributed by atoms with van der Waals surface area (Å²) in [5, 5.41) is 3.19.